The summed E-state index contributed by atoms with van der Waals surface area (Å²) >= 11 is 0. The smallest absolute Gasteiger partial charge is 0.356 e. The molecule has 1 saturated heterocycles. The van der Waals surface area contributed by atoms with Crippen molar-refractivity contribution in [2.24, 2.45) is 17.8 Å². The van der Waals surface area contributed by atoms with Gasteiger partial charge < -0.3 is 15.5 Å². The number of nitrogens with one attached hydrogen (secondary N) is 2. The van der Waals surface area contributed by atoms with Gasteiger partial charge >= 0.3 is 6.18 Å². The van der Waals surface area contributed by atoms with E-state index in [4.69, 9.17) is 0 Å². The fourth-order valence-corrected chi connectivity index (χ4v) is 4.48. The minimum absolute atomic E-state index is 0.0351. The average molecular weight is 398 g/mol. The van der Waals surface area contributed by atoms with Crippen LogP contribution in [0.5, 0.6) is 0 Å². The van der Waals surface area contributed by atoms with E-state index < -0.39 is 11.7 Å². The van der Waals surface area contributed by atoms with E-state index >= 15 is 0 Å². The van der Waals surface area contributed by atoms with Gasteiger partial charge in [-0.05, 0) is 50.3 Å². The predicted octanol–water partition coefficient (Wildman–Crippen LogP) is 3.07. The number of hydrogen-bond donors (Lipinski definition) is 2. The summed E-state index contributed by atoms with van der Waals surface area (Å²) < 4.78 is 38.2. The van der Waals surface area contributed by atoms with Gasteiger partial charge in [-0.3, -0.25) is 4.79 Å². The Balaban J connectivity index is 1.61. The number of anilines is 1. The van der Waals surface area contributed by atoms with Crippen molar-refractivity contribution in [3.63, 3.8) is 0 Å². The van der Waals surface area contributed by atoms with Gasteiger partial charge in [-0.25, -0.2) is 4.98 Å². The molecule has 2 N–H and O–H groups in total. The lowest BCUT2D eigenvalue weighted by Crippen LogP contribution is -2.49. The van der Waals surface area contributed by atoms with E-state index in [1.54, 1.807) is 7.05 Å². The van der Waals surface area contributed by atoms with E-state index in [2.05, 4.69) is 29.5 Å². The Labute approximate surface area is 164 Å². The summed E-state index contributed by atoms with van der Waals surface area (Å²) in [5.41, 5.74) is -0.732. The maximum absolute atomic E-state index is 12.7. The number of carbonyl (C=O) groups excluding carboxylic acids is 1. The summed E-state index contributed by atoms with van der Waals surface area (Å²) in [5.74, 6) is 1.78. The number of alkyl halides is 3. The molecule has 0 unspecified atom stereocenters. The van der Waals surface area contributed by atoms with Crippen molar-refractivity contribution >= 4 is 11.7 Å². The highest BCUT2D eigenvalue weighted by molar-refractivity contribution is 5.82. The molecule has 4 atom stereocenters. The normalized spacial score (nSPS) is 25.8. The summed E-state index contributed by atoms with van der Waals surface area (Å²) in [6.07, 6.45) is -0.728. The maximum atomic E-state index is 12.7. The van der Waals surface area contributed by atoms with Crippen molar-refractivity contribution in [2.45, 2.75) is 51.4 Å². The number of nitrogens with zero attached hydrogens (tertiary/aromatic N) is 2. The molecular formula is C20H29F3N4O. The molecule has 28 heavy (non-hydrogen) atoms. The fourth-order valence-electron chi connectivity index (χ4n) is 4.48. The molecule has 1 aliphatic carbocycles. The molecular weight excluding hydrogens is 369 g/mol. The summed E-state index contributed by atoms with van der Waals surface area (Å²) in [4.78, 5) is 18.7. The van der Waals surface area contributed by atoms with Crippen LogP contribution in [0.2, 0.25) is 0 Å². The van der Waals surface area contributed by atoms with Crippen LogP contribution in [0.4, 0.5) is 19.0 Å². The Morgan fingerprint density at radius 3 is 2.61 bits per heavy atom. The molecule has 1 aliphatic heterocycles. The zero-order chi connectivity index (χ0) is 20.5. The first-order valence-electron chi connectivity index (χ1n) is 9.95. The number of carbonyl (C=O) groups is 1. The Bertz CT molecular complexity index is 677. The second-order valence-electron chi connectivity index (χ2n) is 8.39. The van der Waals surface area contributed by atoms with Gasteiger partial charge in [0.25, 0.3) is 0 Å². The van der Waals surface area contributed by atoms with Gasteiger partial charge in [0.1, 0.15) is 5.82 Å². The number of halogens is 3. The van der Waals surface area contributed by atoms with Crippen LogP contribution in [-0.4, -0.2) is 43.1 Å². The van der Waals surface area contributed by atoms with Gasteiger partial charge in [0.15, 0.2) is 0 Å². The summed E-state index contributed by atoms with van der Waals surface area (Å²) in [6, 6.07) is 2.43. The maximum Gasteiger partial charge on any atom is 0.417 e. The largest absolute Gasteiger partial charge is 0.417 e. The Morgan fingerprint density at radius 2 is 2.04 bits per heavy atom. The van der Waals surface area contributed by atoms with Gasteiger partial charge in [0.05, 0.1) is 11.6 Å². The average Bonchev–Trinajstić information content (AvgIpc) is 3.21. The van der Waals surface area contributed by atoms with E-state index in [9.17, 15) is 18.0 Å². The molecule has 0 bridgehead atoms. The number of aromatic nitrogens is 1. The van der Waals surface area contributed by atoms with Gasteiger partial charge in [0, 0.05) is 31.2 Å². The molecule has 0 radical (unpaired) electrons. The highest BCUT2D eigenvalue weighted by Crippen LogP contribution is 2.40. The van der Waals surface area contributed by atoms with Crippen LogP contribution < -0.4 is 15.5 Å². The quantitative estimate of drug-likeness (QED) is 0.773. The van der Waals surface area contributed by atoms with Crippen LogP contribution >= 0.6 is 0 Å². The van der Waals surface area contributed by atoms with E-state index in [1.807, 2.05) is 4.90 Å². The minimum Gasteiger partial charge on any atom is -0.356 e. The van der Waals surface area contributed by atoms with Gasteiger partial charge in [0.2, 0.25) is 5.91 Å². The zero-order valence-corrected chi connectivity index (χ0v) is 16.6. The molecule has 156 valence electrons. The molecule has 1 aromatic rings. The molecule has 2 heterocycles. The number of hydrogen-bond acceptors (Lipinski definition) is 4. The number of pyridine rings is 1. The molecule has 2 aliphatic rings. The van der Waals surface area contributed by atoms with Crippen molar-refractivity contribution in [3.05, 3.63) is 23.9 Å². The van der Waals surface area contributed by atoms with Crippen LogP contribution in [0.25, 0.3) is 0 Å². The van der Waals surface area contributed by atoms with Crippen LogP contribution in [0.15, 0.2) is 18.3 Å². The third-order valence-corrected chi connectivity index (χ3v) is 5.96. The van der Waals surface area contributed by atoms with Crippen molar-refractivity contribution in [3.8, 4) is 0 Å². The molecule has 1 aromatic heterocycles. The Kier molecular flexibility index (Phi) is 6.17. The second kappa shape index (κ2) is 8.27. The number of rotatable bonds is 6. The molecule has 8 heteroatoms. The number of fused-ring (bicyclic) bond motifs is 1. The molecule has 0 spiro atoms. The third kappa shape index (κ3) is 4.59. The van der Waals surface area contributed by atoms with E-state index in [0.717, 1.165) is 38.1 Å². The lowest BCUT2D eigenvalue weighted by atomic mass is 9.97. The first-order chi connectivity index (χ1) is 13.2. The van der Waals surface area contributed by atoms with Crippen LogP contribution in [-0.2, 0) is 11.0 Å². The first kappa shape index (κ1) is 20.9. The van der Waals surface area contributed by atoms with Gasteiger partial charge in [-0.2, -0.15) is 13.2 Å². The summed E-state index contributed by atoms with van der Waals surface area (Å²) in [6.45, 7) is 5.67. The van der Waals surface area contributed by atoms with E-state index in [-0.39, 0.29) is 18.0 Å². The molecule has 1 amide bonds. The SMILES string of the molecule is CN[C@@H](CC(C)C)C(=O)N[C@H]1CC[C@@H]2CN(c3ccc(C(F)(F)F)cn3)C[C@@H]21. The third-order valence-electron chi connectivity index (χ3n) is 5.96. The second-order valence-corrected chi connectivity index (χ2v) is 8.39. The molecule has 2 fully saturated rings. The highest BCUT2D eigenvalue weighted by Gasteiger charge is 2.44. The monoisotopic (exact) mass is 398 g/mol. The van der Waals surface area contributed by atoms with E-state index in [1.165, 1.54) is 6.07 Å². The standard InChI is InChI=1S/C20H29F3N4O/c1-12(2)8-17(24-3)19(28)26-16-6-4-13-10-27(11-15(13)16)18-7-5-14(9-25-18)20(21,22)23/h5,7,9,12-13,15-17,24H,4,6,8,10-11H2,1-3H3,(H,26,28)/t13-,15+,16+,17+/m1/s1. The van der Waals surface area contributed by atoms with Crippen molar-refractivity contribution in [1.29, 1.82) is 0 Å². The van der Waals surface area contributed by atoms with Crippen LogP contribution in [0.3, 0.4) is 0 Å². The number of likely N-dealkylation sites (N-methyl/N-ethyl adjacent to an activating group) is 1. The number of amides is 1. The molecule has 3 rings (SSSR count). The predicted molar refractivity (Wildman–Crippen MR) is 102 cm³/mol. The van der Waals surface area contributed by atoms with E-state index in [0.29, 0.717) is 30.1 Å². The minimum atomic E-state index is -4.37. The van der Waals surface area contributed by atoms with Crippen molar-refractivity contribution in [2.75, 3.05) is 25.0 Å². The highest BCUT2D eigenvalue weighted by atomic mass is 19.4. The molecule has 1 saturated carbocycles. The van der Waals surface area contributed by atoms with Crippen molar-refractivity contribution < 1.29 is 18.0 Å². The van der Waals surface area contributed by atoms with Gasteiger partial charge in [-0.1, -0.05) is 13.8 Å². The summed E-state index contributed by atoms with van der Waals surface area (Å²) in [5, 5.41) is 6.30. The Morgan fingerprint density at radius 1 is 1.29 bits per heavy atom. The topological polar surface area (TPSA) is 57.3 Å². The Hall–Kier alpha value is -1.83. The van der Waals surface area contributed by atoms with Crippen LogP contribution in [0, 0.1) is 17.8 Å². The lowest BCUT2D eigenvalue weighted by Gasteiger charge is -2.25. The van der Waals surface area contributed by atoms with Crippen molar-refractivity contribution in [1.82, 2.24) is 15.6 Å². The zero-order valence-electron chi connectivity index (χ0n) is 16.6. The van der Waals surface area contributed by atoms with Gasteiger partial charge in [-0.15, -0.1) is 0 Å². The molecule has 5 nitrogen and oxygen atoms in total. The van der Waals surface area contributed by atoms with Crippen LogP contribution in [0.1, 0.15) is 38.7 Å². The fraction of sp³-hybridized carbons (Fsp3) is 0.700. The summed E-state index contributed by atoms with van der Waals surface area (Å²) in [7, 11) is 1.80. The lowest BCUT2D eigenvalue weighted by molar-refractivity contribution is -0.137. The first-order valence-corrected chi connectivity index (χ1v) is 9.95. The molecule has 0 aromatic carbocycles.